The first-order valence-electron chi connectivity index (χ1n) is 6.35. The molecule has 7 heteroatoms. The number of thiazole rings is 1. The number of aliphatic carboxylic acids is 1. The summed E-state index contributed by atoms with van der Waals surface area (Å²) in [4.78, 5) is 27.1. The molecule has 19 heavy (non-hydrogen) atoms. The molecule has 0 spiro atoms. The van der Waals surface area contributed by atoms with Crippen molar-refractivity contribution in [2.24, 2.45) is 17.8 Å². The van der Waals surface area contributed by atoms with Crippen molar-refractivity contribution < 1.29 is 14.7 Å². The van der Waals surface area contributed by atoms with Crippen molar-refractivity contribution in [3.63, 3.8) is 0 Å². The molecule has 2 saturated carbocycles. The molecular weight excluding hydrogens is 266 g/mol. The van der Waals surface area contributed by atoms with Crippen LogP contribution < -0.4 is 10.6 Å². The van der Waals surface area contributed by atoms with Crippen molar-refractivity contribution in [2.75, 3.05) is 5.32 Å². The number of urea groups is 1. The number of aromatic nitrogens is 1. The third-order valence-corrected chi connectivity index (χ3v) is 4.84. The van der Waals surface area contributed by atoms with Gasteiger partial charge < -0.3 is 10.4 Å². The first kappa shape index (κ1) is 12.4. The van der Waals surface area contributed by atoms with Gasteiger partial charge in [-0.25, -0.2) is 9.78 Å². The van der Waals surface area contributed by atoms with Gasteiger partial charge in [-0.05, 0) is 31.1 Å². The summed E-state index contributed by atoms with van der Waals surface area (Å²) in [5.74, 6) is -0.728. The van der Waals surface area contributed by atoms with Crippen LogP contribution in [0.1, 0.15) is 19.3 Å². The lowest BCUT2D eigenvalue weighted by Gasteiger charge is -2.28. The number of carbonyl (C=O) groups excluding carboxylic acids is 1. The molecule has 2 bridgehead atoms. The van der Waals surface area contributed by atoms with E-state index in [0.29, 0.717) is 11.0 Å². The van der Waals surface area contributed by atoms with Crippen LogP contribution in [0.4, 0.5) is 9.93 Å². The van der Waals surface area contributed by atoms with Gasteiger partial charge in [0.1, 0.15) is 0 Å². The Hall–Kier alpha value is -1.63. The van der Waals surface area contributed by atoms with Gasteiger partial charge in [0, 0.05) is 17.6 Å². The molecule has 1 aromatic rings. The maximum absolute atomic E-state index is 11.9. The highest BCUT2D eigenvalue weighted by Crippen LogP contribution is 2.48. The van der Waals surface area contributed by atoms with Gasteiger partial charge in [0.25, 0.3) is 0 Å². The molecule has 1 aromatic heterocycles. The van der Waals surface area contributed by atoms with Crippen LogP contribution >= 0.6 is 11.3 Å². The molecule has 2 fully saturated rings. The van der Waals surface area contributed by atoms with Crippen LogP contribution in [0.15, 0.2) is 11.6 Å². The van der Waals surface area contributed by atoms with E-state index in [1.165, 1.54) is 11.3 Å². The van der Waals surface area contributed by atoms with Gasteiger partial charge in [-0.15, -0.1) is 11.3 Å². The molecule has 1 heterocycles. The lowest BCUT2D eigenvalue weighted by molar-refractivity contribution is -0.144. The van der Waals surface area contributed by atoms with Crippen LogP contribution in [0, 0.1) is 17.8 Å². The number of hydrogen-bond acceptors (Lipinski definition) is 4. The second kappa shape index (κ2) is 4.80. The highest BCUT2D eigenvalue weighted by Gasteiger charge is 2.51. The zero-order valence-corrected chi connectivity index (χ0v) is 11.0. The minimum Gasteiger partial charge on any atom is -0.481 e. The molecule has 2 aliphatic rings. The number of carboxylic acids is 1. The summed E-state index contributed by atoms with van der Waals surface area (Å²) < 4.78 is 0. The van der Waals surface area contributed by atoms with E-state index in [9.17, 15) is 14.7 Å². The first-order valence-corrected chi connectivity index (χ1v) is 7.23. The van der Waals surface area contributed by atoms with E-state index in [2.05, 4.69) is 15.6 Å². The number of nitrogens with one attached hydrogen (secondary N) is 2. The van der Waals surface area contributed by atoms with E-state index in [1.807, 2.05) is 0 Å². The fourth-order valence-corrected chi connectivity index (χ4v) is 3.95. The molecule has 2 aliphatic carbocycles. The number of carbonyl (C=O) groups is 2. The molecule has 4 atom stereocenters. The van der Waals surface area contributed by atoms with Gasteiger partial charge in [-0.1, -0.05) is 0 Å². The Morgan fingerprint density at radius 1 is 1.37 bits per heavy atom. The van der Waals surface area contributed by atoms with Gasteiger partial charge in [0.15, 0.2) is 5.13 Å². The summed E-state index contributed by atoms with van der Waals surface area (Å²) >= 11 is 1.33. The van der Waals surface area contributed by atoms with E-state index in [0.717, 1.165) is 19.3 Å². The molecular formula is C12H15N3O3S. The van der Waals surface area contributed by atoms with Crippen molar-refractivity contribution in [2.45, 2.75) is 25.3 Å². The standard InChI is InChI=1S/C12H15N3O3S/c16-10(17)8-6-1-2-7(5-6)9(8)14-11(18)15-12-13-3-4-19-12/h3-4,6-9H,1-2,5H2,(H,16,17)(H2,13,14,15,18). The normalized spacial score (nSPS) is 32.2. The fraction of sp³-hybridized carbons (Fsp3) is 0.583. The van der Waals surface area contributed by atoms with E-state index < -0.39 is 11.9 Å². The van der Waals surface area contributed by atoms with Crippen LogP contribution in [0.3, 0.4) is 0 Å². The highest BCUT2D eigenvalue weighted by atomic mass is 32.1. The maximum atomic E-state index is 11.9. The number of fused-ring (bicyclic) bond motifs is 2. The smallest absolute Gasteiger partial charge is 0.321 e. The van der Waals surface area contributed by atoms with Crippen LogP contribution in [-0.2, 0) is 4.79 Å². The SMILES string of the molecule is O=C(Nc1nccs1)NC1C2CCC(C2)C1C(=O)O. The largest absolute Gasteiger partial charge is 0.481 e. The lowest BCUT2D eigenvalue weighted by Crippen LogP contribution is -2.48. The average molecular weight is 281 g/mol. The second-order valence-corrected chi connectivity index (χ2v) is 6.05. The van der Waals surface area contributed by atoms with Crippen molar-refractivity contribution in [3.8, 4) is 0 Å². The molecule has 0 aromatic carbocycles. The van der Waals surface area contributed by atoms with Crippen LogP contribution in [0.25, 0.3) is 0 Å². The van der Waals surface area contributed by atoms with Gasteiger partial charge in [-0.3, -0.25) is 10.1 Å². The quantitative estimate of drug-likeness (QED) is 0.787. The van der Waals surface area contributed by atoms with Gasteiger partial charge >= 0.3 is 12.0 Å². The Bertz CT molecular complexity index is 490. The summed E-state index contributed by atoms with van der Waals surface area (Å²) in [6.07, 6.45) is 4.50. The Morgan fingerprint density at radius 3 is 2.84 bits per heavy atom. The number of nitrogens with zero attached hydrogens (tertiary/aromatic N) is 1. The molecule has 0 radical (unpaired) electrons. The Labute approximate surface area is 114 Å². The van der Waals surface area contributed by atoms with Crippen LogP contribution in [-0.4, -0.2) is 28.1 Å². The predicted octanol–water partition coefficient (Wildman–Crippen LogP) is 1.76. The molecule has 2 amide bonds. The zero-order chi connectivity index (χ0) is 13.4. The molecule has 0 aliphatic heterocycles. The van der Waals surface area contributed by atoms with Gasteiger partial charge in [-0.2, -0.15) is 0 Å². The van der Waals surface area contributed by atoms with Gasteiger partial charge in [0.2, 0.25) is 0 Å². The third kappa shape index (κ3) is 2.30. The van der Waals surface area contributed by atoms with E-state index in [1.54, 1.807) is 11.6 Å². The molecule has 4 unspecified atom stereocenters. The Balaban J connectivity index is 1.65. The topological polar surface area (TPSA) is 91.3 Å². The molecule has 6 nitrogen and oxygen atoms in total. The van der Waals surface area contributed by atoms with Crippen LogP contribution in [0.5, 0.6) is 0 Å². The summed E-state index contributed by atoms with van der Waals surface area (Å²) in [7, 11) is 0. The lowest BCUT2D eigenvalue weighted by atomic mass is 9.84. The van der Waals surface area contributed by atoms with Crippen molar-refractivity contribution in [3.05, 3.63) is 11.6 Å². The number of anilines is 1. The number of carboxylic acid groups (broad SMARTS) is 1. The predicted molar refractivity (Wildman–Crippen MR) is 70.0 cm³/mol. The maximum Gasteiger partial charge on any atom is 0.321 e. The van der Waals surface area contributed by atoms with Crippen molar-refractivity contribution in [1.29, 1.82) is 0 Å². The zero-order valence-electron chi connectivity index (χ0n) is 10.2. The highest BCUT2D eigenvalue weighted by molar-refractivity contribution is 7.13. The summed E-state index contributed by atoms with van der Waals surface area (Å²) in [6, 6.07) is -0.616. The average Bonchev–Trinajstić information content (AvgIpc) is 3.03. The summed E-state index contributed by atoms with van der Waals surface area (Å²) in [5, 5.41) is 17.0. The van der Waals surface area contributed by atoms with Gasteiger partial charge in [0.05, 0.1) is 5.92 Å². The first-order chi connectivity index (χ1) is 9.15. The number of rotatable bonds is 3. The number of amides is 2. The molecule has 3 rings (SSSR count). The summed E-state index contributed by atoms with van der Waals surface area (Å²) in [6.45, 7) is 0. The summed E-state index contributed by atoms with van der Waals surface area (Å²) in [5.41, 5.74) is 0. The number of hydrogen-bond donors (Lipinski definition) is 3. The van der Waals surface area contributed by atoms with Crippen molar-refractivity contribution in [1.82, 2.24) is 10.3 Å². The monoisotopic (exact) mass is 281 g/mol. The Kier molecular flexibility index (Phi) is 3.14. The van der Waals surface area contributed by atoms with E-state index >= 15 is 0 Å². The fourth-order valence-electron chi connectivity index (χ4n) is 3.42. The molecule has 102 valence electrons. The molecule has 0 saturated heterocycles. The minimum atomic E-state index is -0.799. The van der Waals surface area contributed by atoms with Crippen molar-refractivity contribution >= 4 is 28.5 Å². The minimum absolute atomic E-state index is 0.215. The second-order valence-electron chi connectivity index (χ2n) is 5.16. The Morgan fingerprint density at radius 2 is 2.16 bits per heavy atom. The van der Waals surface area contributed by atoms with Crippen LogP contribution in [0.2, 0.25) is 0 Å². The van der Waals surface area contributed by atoms with E-state index in [4.69, 9.17) is 0 Å². The molecule has 3 N–H and O–H groups in total. The van der Waals surface area contributed by atoms with E-state index in [-0.39, 0.29) is 18.0 Å². The third-order valence-electron chi connectivity index (χ3n) is 4.15.